The van der Waals surface area contributed by atoms with Crippen molar-refractivity contribution in [1.29, 1.82) is 0 Å². The van der Waals surface area contributed by atoms with Gasteiger partial charge in [0.05, 0.1) is 17.2 Å². The largest absolute Gasteiger partial charge is 0.399 e. The standard InChI is InChI=1S/C12H15ClN2O2/c13-10-2-1-8(14)5-9(10)11(17)15-6-12(7-16)3-4-12/h1-2,5,16H,3-4,6-7,14H2,(H,15,17). The predicted molar refractivity (Wildman–Crippen MR) is 67.0 cm³/mol. The lowest BCUT2D eigenvalue weighted by molar-refractivity contribution is 0.0935. The molecule has 0 bridgehead atoms. The highest BCUT2D eigenvalue weighted by Crippen LogP contribution is 2.44. The number of aliphatic hydroxyl groups excluding tert-OH is 1. The summed E-state index contributed by atoms with van der Waals surface area (Å²) >= 11 is 5.92. The van der Waals surface area contributed by atoms with Crippen LogP contribution in [0.1, 0.15) is 23.2 Å². The summed E-state index contributed by atoms with van der Waals surface area (Å²) in [6, 6.07) is 4.80. The molecule has 1 amide bonds. The van der Waals surface area contributed by atoms with E-state index in [1.165, 1.54) is 0 Å². The quantitative estimate of drug-likeness (QED) is 0.712. The van der Waals surface area contributed by atoms with E-state index in [2.05, 4.69) is 5.32 Å². The Balaban J connectivity index is 2.02. The van der Waals surface area contributed by atoms with E-state index in [1.807, 2.05) is 0 Å². The van der Waals surface area contributed by atoms with Gasteiger partial charge in [0.15, 0.2) is 0 Å². The molecule has 1 saturated carbocycles. The lowest BCUT2D eigenvalue weighted by Crippen LogP contribution is -2.32. The molecule has 0 heterocycles. The summed E-state index contributed by atoms with van der Waals surface area (Å²) in [5.74, 6) is -0.248. The van der Waals surface area contributed by atoms with E-state index in [0.29, 0.717) is 22.8 Å². The molecule has 1 fully saturated rings. The lowest BCUT2D eigenvalue weighted by Gasteiger charge is -2.13. The van der Waals surface area contributed by atoms with E-state index >= 15 is 0 Å². The van der Waals surface area contributed by atoms with E-state index < -0.39 is 0 Å². The summed E-state index contributed by atoms with van der Waals surface area (Å²) in [5, 5.41) is 12.3. The number of nitrogens with two attached hydrogens (primary N) is 1. The van der Waals surface area contributed by atoms with Gasteiger partial charge in [0.1, 0.15) is 0 Å². The van der Waals surface area contributed by atoms with Crippen LogP contribution < -0.4 is 11.1 Å². The number of nitrogens with one attached hydrogen (secondary N) is 1. The number of anilines is 1. The lowest BCUT2D eigenvalue weighted by atomic mass is 10.1. The number of hydrogen-bond acceptors (Lipinski definition) is 3. The first-order chi connectivity index (χ1) is 8.06. The predicted octanol–water partition coefficient (Wildman–Crippen LogP) is 1.42. The molecule has 0 radical (unpaired) electrons. The van der Waals surface area contributed by atoms with Crippen LogP contribution in [0.3, 0.4) is 0 Å². The van der Waals surface area contributed by atoms with E-state index in [9.17, 15) is 4.79 Å². The maximum atomic E-state index is 11.9. The summed E-state index contributed by atoms with van der Waals surface area (Å²) < 4.78 is 0. The highest BCUT2D eigenvalue weighted by Gasteiger charge is 2.42. The molecule has 1 aliphatic rings. The van der Waals surface area contributed by atoms with E-state index in [4.69, 9.17) is 22.4 Å². The smallest absolute Gasteiger partial charge is 0.252 e. The summed E-state index contributed by atoms with van der Waals surface area (Å²) in [6.45, 7) is 0.589. The Hall–Kier alpha value is -1.26. The number of rotatable bonds is 4. The molecule has 0 spiro atoms. The first-order valence-corrected chi connectivity index (χ1v) is 5.88. The first-order valence-electron chi connectivity index (χ1n) is 5.50. The second kappa shape index (κ2) is 4.55. The molecule has 0 saturated heterocycles. The molecule has 0 aromatic heterocycles. The summed E-state index contributed by atoms with van der Waals surface area (Å²) in [4.78, 5) is 11.9. The van der Waals surface area contributed by atoms with Gasteiger partial charge in [-0.1, -0.05) is 11.6 Å². The van der Waals surface area contributed by atoms with Crippen LogP contribution in [-0.2, 0) is 0 Å². The molecule has 0 aliphatic heterocycles. The summed E-state index contributed by atoms with van der Waals surface area (Å²) in [7, 11) is 0. The normalized spacial score (nSPS) is 16.6. The maximum Gasteiger partial charge on any atom is 0.252 e. The molecule has 4 nitrogen and oxygen atoms in total. The Morgan fingerprint density at radius 1 is 1.53 bits per heavy atom. The number of halogens is 1. The molecule has 4 N–H and O–H groups in total. The van der Waals surface area contributed by atoms with Crippen molar-refractivity contribution in [3.8, 4) is 0 Å². The Labute approximate surface area is 105 Å². The number of carbonyl (C=O) groups excluding carboxylic acids is 1. The van der Waals surface area contributed by atoms with Crippen LogP contribution >= 0.6 is 11.6 Å². The fourth-order valence-electron chi connectivity index (χ4n) is 1.65. The fourth-order valence-corrected chi connectivity index (χ4v) is 1.85. The van der Waals surface area contributed by atoms with Crippen LogP contribution in [0.2, 0.25) is 5.02 Å². The van der Waals surface area contributed by atoms with Crippen LogP contribution in [-0.4, -0.2) is 24.2 Å². The van der Waals surface area contributed by atoms with Crippen molar-refractivity contribution >= 4 is 23.2 Å². The van der Waals surface area contributed by atoms with Gasteiger partial charge in [0.2, 0.25) is 0 Å². The van der Waals surface area contributed by atoms with Crippen LogP contribution in [0, 0.1) is 5.41 Å². The Morgan fingerprint density at radius 3 is 2.82 bits per heavy atom. The summed E-state index contributed by atoms with van der Waals surface area (Å²) in [5.41, 5.74) is 6.38. The van der Waals surface area contributed by atoms with Gasteiger partial charge < -0.3 is 16.2 Å². The monoisotopic (exact) mass is 254 g/mol. The second-order valence-electron chi connectivity index (χ2n) is 4.58. The number of aliphatic hydroxyl groups is 1. The topological polar surface area (TPSA) is 75.4 Å². The number of amides is 1. The van der Waals surface area contributed by atoms with E-state index in [0.717, 1.165) is 12.8 Å². The number of carbonyl (C=O) groups is 1. The van der Waals surface area contributed by atoms with Crippen molar-refractivity contribution in [3.05, 3.63) is 28.8 Å². The molecule has 5 heteroatoms. The number of benzene rings is 1. The minimum Gasteiger partial charge on any atom is -0.399 e. The zero-order valence-corrected chi connectivity index (χ0v) is 10.1. The average Bonchev–Trinajstić information content (AvgIpc) is 3.10. The van der Waals surface area contributed by atoms with Gasteiger partial charge in [0, 0.05) is 17.6 Å². The minimum atomic E-state index is -0.248. The average molecular weight is 255 g/mol. The molecule has 1 aliphatic carbocycles. The molecule has 17 heavy (non-hydrogen) atoms. The van der Waals surface area contributed by atoms with Crippen molar-refractivity contribution in [2.45, 2.75) is 12.8 Å². The first kappa shape index (κ1) is 12.2. The molecule has 2 rings (SSSR count). The fraction of sp³-hybridized carbons (Fsp3) is 0.417. The SMILES string of the molecule is Nc1ccc(Cl)c(C(=O)NCC2(CO)CC2)c1. The van der Waals surface area contributed by atoms with Crippen molar-refractivity contribution in [2.75, 3.05) is 18.9 Å². The number of nitrogen functional groups attached to an aromatic ring is 1. The second-order valence-corrected chi connectivity index (χ2v) is 4.99. The zero-order valence-electron chi connectivity index (χ0n) is 9.37. The molecule has 1 aromatic carbocycles. The van der Waals surface area contributed by atoms with Crippen LogP contribution in [0.25, 0.3) is 0 Å². The van der Waals surface area contributed by atoms with Gasteiger partial charge in [-0.3, -0.25) is 4.79 Å². The van der Waals surface area contributed by atoms with E-state index in [1.54, 1.807) is 18.2 Å². The Bertz CT molecular complexity index is 444. The van der Waals surface area contributed by atoms with Gasteiger partial charge in [-0.25, -0.2) is 0 Å². The van der Waals surface area contributed by atoms with Crippen molar-refractivity contribution < 1.29 is 9.90 Å². The van der Waals surface area contributed by atoms with Crippen molar-refractivity contribution in [2.24, 2.45) is 5.41 Å². The van der Waals surface area contributed by atoms with Gasteiger partial charge in [0.25, 0.3) is 5.91 Å². The number of hydrogen-bond donors (Lipinski definition) is 3. The third-order valence-corrected chi connectivity index (χ3v) is 3.48. The van der Waals surface area contributed by atoms with Crippen LogP contribution in [0.5, 0.6) is 0 Å². The Morgan fingerprint density at radius 2 is 2.24 bits per heavy atom. The maximum absolute atomic E-state index is 11.9. The minimum absolute atomic E-state index is 0.109. The molecule has 92 valence electrons. The third kappa shape index (κ3) is 2.70. The summed E-state index contributed by atoms with van der Waals surface area (Å²) in [6.07, 6.45) is 1.91. The Kier molecular flexibility index (Phi) is 3.26. The highest BCUT2D eigenvalue weighted by atomic mass is 35.5. The van der Waals surface area contributed by atoms with Crippen molar-refractivity contribution in [1.82, 2.24) is 5.32 Å². The van der Waals surface area contributed by atoms with Crippen LogP contribution in [0.15, 0.2) is 18.2 Å². The van der Waals surface area contributed by atoms with Crippen LogP contribution in [0.4, 0.5) is 5.69 Å². The van der Waals surface area contributed by atoms with Crippen molar-refractivity contribution in [3.63, 3.8) is 0 Å². The zero-order chi connectivity index (χ0) is 12.5. The van der Waals surface area contributed by atoms with E-state index in [-0.39, 0.29) is 17.9 Å². The van der Waals surface area contributed by atoms with Gasteiger partial charge >= 0.3 is 0 Å². The molecule has 0 unspecified atom stereocenters. The third-order valence-electron chi connectivity index (χ3n) is 3.15. The molecular weight excluding hydrogens is 240 g/mol. The van der Waals surface area contributed by atoms with Gasteiger partial charge in [-0.05, 0) is 31.0 Å². The molecule has 1 aromatic rings. The van der Waals surface area contributed by atoms with Gasteiger partial charge in [-0.2, -0.15) is 0 Å². The van der Waals surface area contributed by atoms with Gasteiger partial charge in [-0.15, -0.1) is 0 Å². The highest BCUT2D eigenvalue weighted by molar-refractivity contribution is 6.34. The molecular formula is C12H15ClN2O2. The molecule has 0 atom stereocenters.